The summed E-state index contributed by atoms with van der Waals surface area (Å²) in [6, 6.07) is 14.6. The maximum absolute atomic E-state index is 12.2. The van der Waals surface area contributed by atoms with Crippen molar-refractivity contribution in [1.29, 1.82) is 0 Å². The normalized spacial score (nSPS) is 10.9. The van der Waals surface area contributed by atoms with Crippen molar-refractivity contribution in [2.45, 2.75) is 20.0 Å². The average molecular weight is 376 g/mol. The van der Waals surface area contributed by atoms with Gasteiger partial charge in [-0.2, -0.15) is 10.1 Å². The third kappa shape index (κ3) is 3.66. The Morgan fingerprint density at radius 1 is 1.11 bits per heavy atom. The molecule has 0 bridgehead atoms. The van der Waals surface area contributed by atoms with Crippen LogP contribution in [0, 0.1) is 6.92 Å². The van der Waals surface area contributed by atoms with Gasteiger partial charge in [0.25, 0.3) is 11.4 Å². The molecular formula is C20H16N4O4. The number of aromatic amines is 1. The molecule has 140 valence electrons. The van der Waals surface area contributed by atoms with E-state index in [-0.39, 0.29) is 24.5 Å². The first kappa shape index (κ1) is 17.6. The Morgan fingerprint density at radius 3 is 2.64 bits per heavy atom. The summed E-state index contributed by atoms with van der Waals surface area (Å²) in [4.78, 5) is 28.2. The number of fused-ring (bicyclic) bond motifs is 1. The minimum absolute atomic E-state index is 0.0871. The lowest BCUT2D eigenvalue weighted by Crippen LogP contribution is -2.15. The molecule has 0 aliphatic heterocycles. The summed E-state index contributed by atoms with van der Waals surface area (Å²) in [7, 11) is 0. The highest BCUT2D eigenvalue weighted by Crippen LogP contribution is 2.17. The van der Waals surface area contributed by atoms with Crippen LogP contribution in [0.5, 0.6) is 0 Å². The lowest BCUT2D eigenvalue weighted by Gasteiger charge is -2.04. The van der Waals surface area contributed by atoms with Crippen LogP contribution in [0.2, 0.25) is 0 Å². The standard InChI is InChI=1S/C20H16N4O4/c1-12-6-8-13(9-7-12)19-21-17(28-24-19)11-27-18(25)10-16-14-4-2-3-5-15(14)20(26)23-22-16/h2-9H,10-11H2,1H3,(H,23,26). The molecule has 0 spiro atoms. The molecule has 1 N–H and O–H groups in total. The second-order valence-electron chi connectivity index (χ2n) is 6.26. The summed E-state index contributed by atoms with van der Waals surface area (Å²) in [5.74, 6) is 0.113. The Kier molecular flexibility index (Phi) is 4.67. The number of benzene rings is 2. The summed E-state index contributed by atoms with van der Waals surface area (Å²) in [6.45, 7) is 1.85. The van der Waals surface area contributed by atoms with Crippen LogP contribution in [0.1, 0.15) is 17.1 Å². The second-order valence-corrected chi connectivity index (χ2v) is 6.26. The highest BCUT2D eigenvalue weighted by atomic mass is 16.6. The van der Waals surface area contributed by atoms with Gasteiger partial charge in [0, 0.05) is 10.9 Å². The van der Waals surface area contributed by atoms with E-state index in [0.717, 1.165) is 11.1 Å². The van der Waals surface area contributed by atoms with E-state index in [4.69, 9.17) is 9.26 Å². The zero-order chi connectivity index (χ0) is 19.5. The summed E-state index contributed by atoms with van der Waals surface area (Å²) >= 11 is 0. The highest BCUT2D eigenvalue weighted by Gasteiger charge is 2.14. The molecule has 28 heavy (non-hydrogen) atoms. The van der Waals surface area contributed by atoms with E-state index in [1.165, 1.54) is 0 Å². The minimum atomic E-state index is -0.514. The number of rotatable bonds is 5. The SMILES string of the molecule is Cc1ccc(-c2noc(COC(=O)Cc3n[nH]c(=O)c4ccccc34)n2)cc1. The van der Waals surface area contributed by atoms with E-state index in [1.54, 1.807) is 24.3 Å². The van der Waals surface area contributed by atoms with E-state index >= 15 is 0 Å². The summed E-state index contributed by atoms with van der Waals surface area (Å²) in [5.41, 5.74) is 2.08. The van der Waals surface area contributed by atoms with Gasteiger partial charge < -0.3 is 9.26 Å². The van der Waals surface area contributed by atoms with Gasteiger partial charge >= 0.3 is 5.97 Å². The van der Waals surface area contributed by atoms with Gasteiger partial charge in [0.1, 0.15) is 0 Å². The van der Waals surface area contributed by atoms with Crippen molar-refractivity contribution < 1.29 is 14.1 Å². The lowest BCUT2D eigenvalue weighted by atomic mass is 10.1. The number of nitrogens with zero attached hydrogens (tertiary/aromatic N) is 3. The van der Waals surface area contributed by atoms with Crippen LogP contribution in [0.15, 0.2) is 57.8 Å². The molecule has 0 fully saturated rings. The number of esters is 1. The topological polar surface area (TPSA) is 111 Å². The van der Waals surface area contributed by atoms with Crippen molar-refractivity contribution in [3.8, 4) is 11.4 Å². The van der Waals surface area contributed by atoms with Crippen LogP contribution in [-0.2, 0) is 22.6 Å². The molecule has 0 radical (unpaired) electrons. The number of aryl methyl sites for hydroxylation is 1. The third-order valence-electron chi connectivity index (χ3n) is 4.22. The van der Waals surface area contributed by atoms with Gasteiger partial charge in [-0.15, -0.1) is 0 Å². The predicted molar refractivity (Wildman–Crippen MR) is 100 cm³/mol. The van der Waals surface area contributed by atoms with Crippen molar-refractivity contribution in [1.82, 2.24) is 20.3 Å². The van der Waals surface area contributed by atoms with Gasteiger partial charge in [0.05, 0.1) is 17.5 Å². The molecule has 0 aliphatic rings. The molecule has 0 unspecified atom stereocenters. The maximum Gasteiger partial charge on any atom is 0.312 e. The minimum Gasteiger partial charge on any atom is -0.455 e. The number of hydrogen-bond donors (Lipinski definition) is 1. The van der Waals surface area contributed by atoms with Crippen molar-refractivity contribution in [3.05, 3.63) is 76.0 Å². The molecule has 8 heteroatoms. The molecule has 0 aliphatic carbocycles. The van der Waals surface area contributed by atoms with Gasteiger partial charge in [0.2, 0.25) is 5.82 Å². The number of H-pyrrole nitrogens is 1. The highest BCUT2D eigenvalue weighted by molar-refractivity contribution is 5.86. The maximum atomic E-state index is 12.2. The Balaban J connectivity index is 1.42. The monoisotopic (exact) mass is 376 g/mol. The molecule has 8 nitrogen and oxygen atoms in total. The zero-order valence-electron chi connectivity index (χ0n) is 15.0. The molecule has 0 saturated heterocycles. The van der Waals surface area contributed by atoms with Gasteiger partial charge in [-0.1, -0.05) is 53.2 Å². The van der Waals surface area contributed by atoms with Crippen LogP contribution >= 0.6 is 0 Å². The fourth-order valence-electron chi connectivity index (χ4n) is 2.77. The fourth-order valence-corrected chi connectivity index (χ4v) is 2.77. The third-order valence-corrected chi connectivity index (χ3v) is 4.22. The fraction of sp³-hybridized carbons (Fsp3) is 0.150. The molecular weight excluding hydrogens is 360 g/mol. The van der Waals surface area contributed by atoms with E-state index in [0.29, 0.717) is 22.3 Å². The second kappa shape index (κ2) is 7.43. The van der Waals surface area contributed by atoms with Crippen LogP contribution in [0.4, 0.5) is 0 Å². The van der Waals surface area contributed by atoms with Crippen molar-refractivity contribution >= 4 is 16.7 Å². The van der Waals surface area contributed by atoms with Crippen molar-refractivity contribution in [2.24, 2.45) is 0 Å². The molecule has 0 amide bonds. The molecule has 4 aromatic rings. The molecule has 0 saturated carbocycles. The summed E-state index contributed by atoms with van der Waals surface area (Å²) in [5, 5.41) is 11.3. The number of hydrogen-bond acceptors (Lipinski definition) is 7. The summed E-state index contributed by atoms with van der Waals surface area (Å²) < 4.78 is 10.3. The number of carbonyl (C=O) groups excluding carboxylic acids is 1. The first-order valence-corrected chi connectivity index (χ1v) is 8.62. The average Bonchev–Trinajstić information content (AvgIpc) is 3.18. The molecule has 2 heterocycles. The van der Waals surface area contributed by atoms with E-state index in [9.17, 15) is 9.59 Å². The predicted octanol–water partition coefficient (Wildman–Crippen LogP) is 2.57. The number of carbonyl (C=O) groups is 1. The van der Waals surface area contributed by atoms with Gasteiger partial charge in [-0.3, -0.25) is 9.59 Å². The molecule has 0 atom stereocenters. The first-order valence-electron chi connectivity index (χ1n) is 8.62. The van der Waals surface area contributed by atoms with Gasteiger partial charge in [0.15, 0.2) is 6.61 Å². The molecule has 2 aromatic heterocycles. The smallest absolute Gasteiger partial charge is 0.312 e. The Morgan fingerprint density at radius 2 is 1.86 bits per heavy atom. The Hall–Kier alpha value is -3.81. The first-order chi connectivity index (χ1) is 13.6. The number of aromatic nitrogens is 4. The van der Waals surface area contributed by atoms with Gasteiger partial charge in [-0.05, 0) is 13.0 Å². The zero-order valence-corrected chi connectivity index (χ0v) is 15.0. The number of nitrogens with one attached hydrogen (secondary N) is 1. The number of ether oxygens (including phenoxy) is 1. The molecule has 4 rings (SSSR count). The lowest BCUT2D eigenvalue weighted by molar-refractivity contribution is -0.144. The summed E-state index contributed by atoms with van der Waals surface area (Å²) in [6.07, 6.45) is -0.0871. The van der Waals surface area contributed by atoms with Crippen LogP contribution < -0.4 is 5.56 Å². The van der Waals surface area contributed by atoms with Crippen molar-refractivity contribution in [3.63, 3.8) is 0 Å². The largest absolute Gasteiger partial charge is 0.455 e. The van der Waals surface area contributed by atoms with Gasteiger partial charge in [-0.25, -0.2) is 5.10 Å². The Bertz CT molecular complexity index is 1190. The van der Waals surface area contributed by atoms with Crippen LogP contribution in [0.25, 0.3) is 22.2 Å². The Labute approximate surface area is 159 Å². The quantitative estimate of drug-likeness (QED) is 0.533. The van der Waals surface area contributed by atoms with E-state index in [2.05, 4.69) is 20.3 Å². The van der Waals surface area contributed by atoms with Crippen LogP contribution in [0.3, 0.4) is 0 Å². The molecule has 2 aromatic carbocycles. The van der Waals surface area contributed by atoms with Crippen LogP contribution in [-0.4, -0.2) is 26.3 Å². The van der Waals surface area contributed by atoms with Crippen molar-refractivity contribution in [2.75, 3.05) is 0 Å². The van der Waals surface area contributed by atoms with E-state index in [1.807, 2.05) is 31.2 Å². The van der Waals surface area contributed by atoms with E-state index < -0.39 is 5.97 Å².